The predicted octanol–water partition coefficient (Wildman–Crippen LogP) is 1.66. The lowest BCUT2D eigenvalue weighted by Gasteiger charge is -2.37. The molecule has 1 heterocycles. The molecule has 1 saturated carbocycles. The van der Waals surface area contributed by atoms with Crippen molar-refractivity contribution in [3.8, 4) is 0 Å². The van der Waals surface area contributed by atoms with Crippen LogP contribution in [0.15, 0.2) is 12.7 Å². The second-order valence-electron chi connectivity index (χ2n) is 4.56. The van der Waals surface area contributed by atoms with Gasteiger partial charge in [-0.15, -0.1) is 10.2 Å². The molecule has 88 valence electrons. The molecule has 1 aromatic heterocycles. The average Bonchev–Trinajstić information content (AvgIpc) is 2.82. The van der Waals surface area contributed by atoms with Gasteiger partial charge >= 0.3 is 5.97 Å². The van der Waals surface area contributed by atoms with Gasteiger partial charge in [-0.3, -0.25) is 0 Å². The first kappa shape index (κ1) is 11.1. The summed E-state index contributed by atoms with van der Waals surface area (Å²) in [5.41, 5.74) is -0.810. The summed E-state index contributed by atoms with van der Waals surface area (Å²) < 4.78 is 1.65. The molecule has 1 N–H and O–H groups in total. The maximum atomic E-state index is 11.5. The number of rotatable bonds is 3. The molecule has 0 radical (unpaired) electrons. The number of carbonyl (C=O) groups is 1. The molecule has 0 saturated heterocycles. The average molecular weight is 223 g/mol. The largest absolute Gasteiger partial charge is 0.479 e. The molecule has 16 heavy (non-hydrogen) atoms. The van der Waals surface area contributed by atoms with E-state index in [0.717, 1.165) is 19.3 Å². The third-order valence-corrected chi connectivity index (χ3v) is 3.82. The number of aliphatic carboxylic acids is 1. The van der Waals surface area contributed by atoms with E-state index in [1.165, 1.54) is 12.7 Å². The van der Waals surface area contributed by atoms with Crippen LogP contribution < -0.4 is 0 Å². The monoisotopic (exact) mass is 223 g/mol. The minimum absolute atomic E-state index is 0.670. The van der Waals surface area contributed by atoms with Crippen molar-refractivity contribution < 1.29 is 9.90 Å². The fraction of sp³-hybridized carbons (Fsp3) is 0.727. The van der Waals surface area contributed by atoms with Gasteiger partial charge in [-0.25, -0.2) is 4.79 Å². The number of carboxylic acid groups (broad SMARTS) is 1. The van der Waals surface area contributed by atoms with Crippen molar-refractivity contribution in [2.75, 3.05) is 0 Å². The van der Waals surface area contributed by atoms with E-state index in [2.05, 4.69) is 17.1 Å². The zero-order chi connectivity index (χ0) is 11.6. The highest BCUT2D eigenvalue weighted by Gasteiger charge is 2.43. The number of hydrogen-bond donors (Lipinski definition) is 1. The molecule has 1 fully saturated rings. The van der Waals surface area contributed by atoms with Crippen molar-refractivity contribution in [2.45, 2.75) is 44.6 Å². The summed E-state index contributed by atoms with van der Waals surface area (Å²) in [4.78, 5) is 11.5. The van der Waals surface area contributed by atoms with Crippen molar-refractivity contribution in [2.24, 2.45) is 5.92 Å². The van der Waals surface area contributed by atoms with Crippen molar-refractivity contribution >= 4 is 5.97 Å². The number of carboxylic acids is 1. The minimum atomic E-state index is -0.810. The maximum absolute atomic E-state index is 11.5. The Morgan fingerprint density at radius 3 is 2.44 bits per heavy atom. The molecule has 0 amide bonds. The van der Waals surface area contributed by atoms with E-state index >= 15 is 0 Å². The van der Waals surface area contributed by atoms with E-state index in [9.17, 15) is 9.90 Å². The van der Waals surface area contributed by atoms with Crippen LogP contribution in [0.3, 0.4) is 0 Å². The molecule has 1 aliphatic carbocycles. The van der Waals surface area contributed by atoms with Crippen LogP contribution in [-0.2, 0) is 10.3 Å². The fourth-order valence-electron chi connectivity index (χ4n) is 2.57. The van der Waals surface area contributed by atoms with E-state index in [0.29, 0.717) is 18.8 Å². The summed E-state index contributed by atoms with van der Waals surface area (Å²) in [6.45, 7) is 2.16. The molecule has 1 aromatic rings. The summed E-state index contributed by atoms with van der Waals surface area (Å²) in [6.07, 6.45) is 7.47. The van der Waals surface area contributed by atoms with Crippen LogP contribution in [0, 0.1) is 5.92 Å². The minimum Gasteiger partial charge on any atom is -0.479 e. The van der Waals surface area contributed by atoms with Crippen molar-refractivity contribution in [1.29, 1.82) is 0 Å². The molecule has 1 aliphatic rings. The fourth-order valence-corrected chi connectivity index (χ4v) is 2.57. The zero-order valence-electron chi connectivity index (χ0n) is 9.46. The van der Waals surface area contributed by atoms with E-state index < -0.39 is 11.5 Å². The Kier molecular flexibility index (Phi) is 2.94. The van der Waals surface area contributed by atoms with Gasteiger partial charge in [0.2, 0.25) is 0 Å². The highest BCUT2D eigenvalue weighted by atomic mass is 16.4. The summed E-state index contributed by atoms with van der Waals surface area (Å²) in [5, 5.41) is 16.9. The Morgan fingerprint density at radius 1 is 1.44 bits per heavy atom. The molecule has 2 rings (SSSR count). The van der Waals surface area contributed by atoms with Gasteiger partial charge in [0.25, 0.3) is 0 Å². The summed E-state index contributed by atoms with van der Waals surface area (Å²) in [6, 6.07) is 0. The van der Waals surface area contributed by atoms with Crippen LogP contribution in [0.2, 0.25) is 0 Å². The maximum Gasteiger partial charge on any atom is 0.329 e. The third-order valence-electron chi connectivity index (χ3n) is 3.82. The van der Waals surface area contributed by atoms with Crippen LogP contribution in [-0.4, -0.2) is 25.8 Å². The molecule has 5 nitrogen and oxygen atoms in total. The molecule has 0 spiro atoms. The zero-order valence-corrected chi connectivity index (χ0v) is 9.46. The quantitative estimate of drug-likeness (QED) is 0.846. The predicted molar refractivity (Wildman–Crippen MR) is 57.9 cm³/mol. The van der Waals surface area contributed by atoms with Gasteiger partial charge in [0.15, 0.2) is 0 Å². The Hall–Kier alpha value is -1.39. The van der Waals surface area contributed by atoms with Gasteiger partial charge in [0.05, 0.1) is 0 Å². The van der Waals surface area contributed by atoms with Crippen LogP contribution in [0.4, 0.5) is 0 Å². The highest BCUT2D eigenvalue weighted by molar-refractivity contribution is 5.76. The molecule has 0 atom stereocenters. The summed E-state index contributed by atoms with van der Waals surface area (Å²) >= 11 is 0. The first-order chi connectivity index (χ1) is 7.69. The van der Waals surface area contributed by atoms with Gasteiger partial charge in [-0.05, 0) is 31.6 Å². The molecule has 0 bridgehead atoms. The van der Waals surface area contributed by atoms with Crippen LogP contribution in [0.25, 0.3) is 0 Å². The molecule has 0 aromatic carbocycles. The molecular weight excluding hydrogens is 206 g/mol. The highest BCUT2D eigenvalue weighted by Crippen LogP contribution is 2.38. The van der Waals surface area contributed by atoms with Crippen molar-refractivity contribution in [1.82, 2.24) is 14.8 Å². The Balaban J connectivity index is 2.23. The third kappa shape index (κ3) is 1.70. The van der Waals surface area contributed by atoms with Crippen LogP contribution in [0.5, 0.6) is 0 Å². The van der Waals surface area contributed by atoms with Crippen molar-refractivity contribution in [3.63, 3.8) is 0 Å². The van der Waals surface area contributed by atoms with Gasteiger partial charge in [0.1, 0.15) is 18.2 Å². The van der Waals surface area contributed by atoms with E-state index in [4.69, 9.17) is 0 Å². The Labute approximate surface area is 94.5 Å². The van der Waals surface area contributed by atoms with Crippen LogP contribution >= 0.6 is 0 Å². The lowest BCUT2D eigenvalue weighted by atomic mass is 9.75. The number of aromatic nitrogens is 3. The van der Waals surface area contributed by atoms with Crippen LogP contribution in [0.1, 0.15) is 39.0 Å². The normalized spacial score (nSPS) is 30.2. The van der Waals surface area contributed by atoms with Gasteiger partial charge in [0, 0.05) is 0 Å². The van der Waals surface area contributed by atoms with E-state index in [-0.39, 0.29) is 0 Å². The summed E-state index contributed by atoms with van der Waals surface area (Å²) in [7, 11) is 0. The van der Waals surface area contributed by atoms with E-state index in [1.807, 2.05) is 0 Å². The SMILES string of the molecule is CCC1CCC(C(=O)O)(n2cnnc2)CC1. The standard InChI is InChI=1S/C11H17N3O2/c1-2-9-3-5-11(6-4-9,10(15)16)14-7-12-13-8-14/h7-9H,2-6H2,1H3,(H,15,16). The first-order valence-corrected chi connectivity index (χ1v) is 5.77. The Morgan fingerprint density at radius 2 is 2.00 bits per heavy atom. The number of nitrogens with zero attached hydrogens (tertiary/aromatic N) is 3. The molecule has 0 aliphatic heterocycles. The van der Waals surface area contributed by atoms with Gasteiger partial charge < -0.3 is 9.67 Å². The Bertz CT molecular complexity index is 353. The van der Waals surface area contributed by atoms with E-state index in [1.54, 1.807) is 4.57 Å². The first-order valence-electron chi connectivity index (χ1n) is 5.77. The molecular formula is C11H17N3O2. The smallest absolute Gasteiger partial charge is 0.329 e. The topological polar surface area (TPSA) is 68.0 Å². The molecule has 5 heteroatoms. The summed E-state index contributed by atoms with van der Waals surface area (Å²) in [5.74, 6) is -0.0918. The lowest BCUT2D eigenvalue weighted by Crippen LogP contribution is -2.44. The lowest BCUT2D eigenvalue weighted by molar-refractivity contribution is -0.150. The molecule has 0 unspecified atom stereocenters. The second kappa shape index (κ2) is 4.23. The second-order valence-corrected chi connectivity index (χ2v) is 4.56. The van der Waals surface area contributed by atoms with Crippen molar-refractivity contribution in [3.05, 3.63) is 12.7 Å². The van der Waals surface area contributed by atoms with Gasteiger partial charge in [-0.2, -0.15) is 0 Å². The van der Waals surface area contributed by atoms with Gasteiger partial charge in [-0.1, -0.05) is 13.3 Å². The number of hydrogen-bond acceptors (Lipinski definition) is 3.